The number of hydrogen-bond acceptors (Lipinski definition) is 3. The van der Waals surface area contributed by atoms with Crippen LogP contribution in [-0.2, 0) is 0 Å². The third-order valence-electron chi connectivity index (χ3n) is 4.73. The van der Waals surface area contributed by atoms with Crippen LogP contribution >= 0.6 is 0 Å². The predicted molar refractivity (Wildman–Crippen MR) is 86.4 cm³/mol. The smallest absolute Gasteiger partial charge is 0.0367 e. The molecule has 3 nitrogen and oxygen atoms in total. The lowest BCUT2D eigenvalue weighted by Crippen LogP contribution is -2.32. The van der Waals surface area contributed by atoms with Gasteiger partial charge in [-0.25, -0.2) is 0 Å². The van der Waals surface area contributed by atoms with Gasteiger partial charge in [-0.1, -0.05) is 0 Å². The summed E-state index contributed by atoms with van der Waals surface area (Å²) in [5.74, 6) is 0. The van der Waals surface area contributed by atoms with Gasteiger partial charge in [0.25, 0.3) is 0 Å². The van der Waals surface area contributed by atoms with Crippen LogP contribution in [0.3, 0.4) is 0 Å². The Kier molecular flexibility index (Phi) is 4.46. The number of nitrogens with two attached hydrogens (primary N) is 1. The maximum atomic E-state index is 5.96. The van der Waals surface area contributed by atoms with Crippen LogP contribution < -0.4 is 16.0 Å². The summed E-state index contributed by atoms with van der Waals surface area (Å²) in [6.45, 7) is 2.43. The van der Waals surface area contributed by atoms with Gasteiger partial charge in [-0.05, 0) is 69.2 Å². The molecule has 2 aliphatic rings. The zero-order chi connectivity index (χ0) is 13.8. The summed E-state index contributed by atoms with van der Waals surface area (Å²) in [4.78, 5) is 2.51. The first-order valence-electron chi connectivity index (χ1n) is 8.18. The maximum Gasteiger partial charge on any atom is 0.0367 e. The molecule has 1 aliphatic heterocycles. The van der Waals surface area contributed by atoms with E-state index in [-0.39, 0.29) is 0 Å². The molecule has 2 fully saturated rings. The second-order valence-corrected chi connectivity index (χ2v) is 6.35. The quantitative estimate of drug-likeness (QED) is 0.887. The fourth-order valence-corrected chi connectivity index (χ4v) is 3.42. The molecule has 20 heavy (non-hydrogen) atoms. The molecule has 1 heterocycles. The topological polar surface area (TPSA) is 41.3 Å². The van der Waals surface area contributed by atoms with E-state index in [0.717, 1.165) is 12.8 Å². The minimum Gasteiger partial charge on any atom is -0.382 e. The standard InChI is InChI=1S/C17H27N3/c18-14-4-6-15(7-5-14)19-16-8-10-17(11-9-16)20-12-2-1-3-13-20/h8-11,14-15,19H,1-7,12-13,18H2. The van der Waals surface area contributed by atoms with Crippen molar-refractivity contribution < 1.29 is 0 Å². The molecular formula is C17H27N3. The van der Waals surface area contributed by atoms with Crippen LogP contribution in [0.5, 0.6) is 0 Å². The molecule has 1 saturated heterocycles. The highest BCUT2D eigenvalue weighted by Gasteiger charge is 2.18. The van der Waals surface area contributed by atoms with Gasteiger partial charge in [-0.15, -0.1) is 0 Å². The molecule has 1 aliphatic carbocycles. The largest absolute Gasteiger partial charge is 0.382 e. The molecule has 0 bridgehead atoms. The van der Waals surface area contributed by atoms with Crippen molar-refractivity contribution in [1.82, 2.24) is 0 Å². The third kappa shape index (κ3) is 3.45. The first-order valence-corrected chi connectivity index (χ1v) is 8.18. The van der Waals surface area contributed by atoms with Gasteiger partial charge >= 0.3 is 0 Å². The van der Waals surface area contributed by atoms with Gasteiger partial charge in [0, 0.05) is 36.5 Å². The predicted octanol–water partition coefficient (Wildman–Crippen LogP) is 3.36. The Labute approximate surface area is 122 Å². The highest BCUT2D eigenvalue weighted by atomic mass is 15.1. The molecular weight excluding hydrogens is 246 g/mol. The number of anilines is 2. The molecule has 0 spiro atoms. The minimum absolute atomic E-state index is 0.425. The number of nitrogens with zero attached hydrogens (tertiary/aromatic N) is 1. The normalized spacial score (nSPS) is 27.4. The molecule has 3 heteroatoms. The van der Waals surface area contributed by atoms with Gasteiger partial charge in [0.15, 0.2) is 0 Å². The Hall–Kier alpha value is -1.22. The van der Waals surface area contributed by atoms with Crippen molar-refractivity contribution in [2.45, 2.75) is 57.0 Å². The molecule has 0 radical (unpaired) electrons. The first-order chi connectivity index (χ1) is 9.81. The highest BCUT2D eigenvalue weighted by molar-refractivity contribution is 5.55. The van der Waals surface area contributed by atoms with Crippen molar-refractivity contribution in [2.75, 3.05) is 23.3 Å². The van der Waals surface area contributed by atoms with Crippen LogP contribution in [0.4, 0.5) is 11.4 Å². The summed E-state index contributed by atoms with van der Waals surface area (Å²) in [7, 11) is 0. The van der Waals surface area contributed by atoms with E-state index in [0.29, 0.717) is 12.1 Å². The number of hydrogen-bond donors (Lipinski definition) is 2. The monoisotopic (exact) mass is 273 g/mol. The molecule has 110 valence electrons. The second kappa shape index (κ2) is 6.49. The van der Waals surface area contributed by atoms with Crippen molar-refractivity contribution in [3.63, 3.8) is 0 Å². The van der Waals surface area contributed by atoms with Crippen molar-refractivity contribution in [3.8, 4) is 0 Å². The lowest BCUT2D eigenvalue weighted by molar-refractivity contribution is 0.411. The maximum absolute atomic E-state index is 5.96. The molecule has 1 aromatic rings. The summed E-state index contributed by atoms with van der Waals surface area (Å²) in [6.07, 6.45) is 8.78. The van der Waals surface area contributed by atoms with Gasteiger partial charge in [0.1, 0.15) is 0 Å². The van der Waals surface area contributed by atoms with Crippen molar-refractivity contribution in [3.05, 3.63) is 24.3 Å². The molecule has 1 aromatic carbocycles. The molecule has 0 aromatic heterocycles. The molecule has 1 saturated carbocycles. The Morgan fingerprint density at radius 2 is 1.55 bits per heavy atom. The van der Waals surface area contributed by atoms with Gasteiger partial charge in [-0.3, -0.25) is 0 Å². The lowest BCUT2D eigenvalue weighted by atomic mass is 9.91. The number of rotatable bonds is 3. The molecule has 0 amide bonds. The van der Waals surface area contributed by atoms with Gasteiger partial charge < -0.3 is 16.0 Å². The Balaban J connectivity index is 1.55. The van der Waals surface area contributed by atoms with Crippen LogP contribution in [0.1, 0.15) is 44.9 Å². The van der Waals surface area contributed by atoms with Crippen LogP contribution in [0.15, 0.2) is 24.3 Å². The van der Waals surface area contributed by atoms with Crippen LogP contribution in [-0.4, -0.2) is 25.2 Å². The SMILES string of the molecule is NC1CCC(Nc2ccc(N3CCCCC3)cc2)CC1. The Bertz CT molecular complexity index is 401. The summed E-state index contributed by atoms with van der Waals surface area (Å²) in [5.41, 5.74) is 8.59. The average molecular weight is 273 g/mol. The van der Waals surface area contributed by atoms with Crippen molar-refractivity contribution in [2.24, 2.45) is 5.73 Å². The van der Waals surface area contributed by atoms with E-state index >= 15 is 0 Å². The lowest BCUT2D eigenvalue weighted by Gasteiger charge is -2.30. The summed E-state index contributed by atoms with van der Waals surface area (Å²) in [5, 5.41) is 3.66. The Morgan fingerprint density at radius 3 is 2.20 bits per heavy atom. The van der Waals surface area contributed by atoms with E-state index in [9.17, 15) is 0 Å². The number of piperidine rings is 1. The zero-order valence-electron chi connectivity index (χ0n) is 12.4. The minimum atomic E-state index is 0.425. The van der Waals surface area contributed by atoms with E-state index in [4.69, 9.17) is 5.73 Å². The number of nitrogens with one attached hydrogen (secondary N) is 1. The van der Waals surface area contributed by atoms with Crippen LogP contribution in [0.2, 0.25) is 0 Å². The average Bonchev–Trinajstić information content (AvgIpc) is 2.51. The van der Waals surface area contributed by atoms with Gasteiger partial charge in [-0.2, -0.15) is 0 Å². The number of benzene rings is 1. The second-order valence-electron chi connectivity index (χ2n) is 6.35. The van der Waals surface area contributed by atoms with Crippen molar-refractivity contribution >= 4 is 11.4 Å². The van der Waals surface area contributed by atoms with E-state index in [1.54, 1.807) is 0 Å². The van der Waals surface area contributed by atoms with E-state index in [1.165, 1.54) is 56.6 Å². The molecule has 0 unspecified atom stereocenters. The third-order valence-corrected chi connectivity index (χ3v) is 4.73. The molecule has 0 atom stereocenters. The molecule has 3 rings (SSSR count). The summed E-state index contributed by atoms with van der Waals surface area (Å²) >= 11 is 0. The summed E-state index contributed by atoms with van der Waals surface area (Å²) in [6, 6.07) is 10.0. The molecule has 3 N–H and O–H groups in total. The van der Waals surface area contributed by atoms with Crippen LogP contribution in [0, 0.1) is 0 Å². The van der Waals surface area contributed by atoms with Gasteiger partial charge in [0.05, 0.1) is 0 Å². The van der Waals surface area contributed by atoms with Crippen LogP contribution in [0.25, 0.3) is 0 Å². The summed E-state index contributed by atoms with van der Waals surface area (Å²) < 4.78 is 0. The fraction of sp³-hybridized carbons (Fsp3) is 0.647. The fourth-order valence-electron chi connectivity index (χ4n) is 3.42. The highest BCUT2D eigenvalue weighted by Crippen LogP contribution is 2.24. The van der Waals surface area contributed by atoms with E-state index in [2.05, 4.69) is 34.5 Å². The van der Waals surface area contributed by atoms with E-state index < -0.39 is 0 Å². The van der Waals surface area contributed by atoms with E-state index in [1.807, 2.05) is 0 Å². The van der Waals surface area contributed by atoms with Gasteiger partial charge in [0.2, 0.25) is 0 Å². The Morgan fingerprint density at radius 1 is 0.900 bits per heavy atom. The van der Waals surface area contributed by atoms with Crippen molar-refractivity contribution in [1.29, 1.82) is 0 Å². The zero-order valence-corrected chi connectivity index (χ0v) is 12.4. The first kappa shape index (κ1) is 13.7.